The van der Waals surface area contributed by atoms with Crippen molar-refractivity contribution in [2.75, 3.05) is 13.7 Å². The van der Waals surface area contributed by atoms with Crippen LogP contribution in [0.1, 0.15) is 80.7 Å². The third-order valence-corrected chi connectivity index (χ3v) is 6.67. The molecule has 0 bridgehead atoms. The molecule has 0 saturated heterocycles. The van der Waals surface area contributed by atoms with E-state index in [1.165, 1.54) is 19.2 Å². The minimum Gasteiger partial charge on any atom is -0.468 e. The standard InChI is InChI=1S/C31H49NO10/c1-18(2)11-14-28(33)38-21(7)17-32-25(29(34)37-10)15-24-12-13-26(41-30(35)39-22(8)19(3)4)27(16-24)42-31(36)40-23(9)20(5)6/h12-13,16,18-23,25,32H,11,14-15,17H2,1-10H3/t21?,22?,23?,25-/m0/s1. The van der Waals surface area contributed by atoms with Gasteiger partial charge in [0.1, 0.15) is 24.4 Å². The fourth-order valence-corrected chi connectivity index (χ4v) is 3.30. The number of hydrogen-bond donors (Lipinski definition) is 1. The van der Waals surface area contributed by atoms with E-state index in [1.807, 2.05) is 41.5 Å². The number of methoxy groups -OCH3 is 1. The Hall–Kier alpha value is -3.34. The van der Waals surface area contributed by atoms with Gasteiger partial charge < -0.3 is 33.7 Å². The Balaban J connectivity index is 3.09. The van der Waals surface area contributed by atoms with E-state index in [1.54, 1.807) is 26.8 Å². The van der Waals surface area contributed by atoms with Crippen molar-refractivity contribution < 1.29 is 47.6 Å². The zero-order chi connectivity index (χ0) is 32.0. The highest BCUT2D eigenvalue weighted by Crippen LogP contribution is 2.30. The fraction of sp³-hybridized carbons (Fsp3) is 0.677. The SMILES string of the molecule is COC(=O)[C@H](Cc1ccc(OC(=O)OC(C)C(C)C)c(OC(=O)OC(C)C(C)C)c1)NCC(C)OC(=O)CCC(C)C. The minimum absolute atomic E-state index is 0.0517. The molecule has 0 aromatic heterocycles. The maximum atomic E-state index is 12.6. The number of rotatable bonds is 16. The summed E-state index contributed by atoms with van der Waals surface area (Å²) < 4.78 is 31.8. The van der Waals surface area contributed by atoms with Crippen molar-refractivity contribution in [1.82, 2.24) is 5.32 Å². The van der Waals surface area contributed by atoms with Crippen molar-refractivity contribution in [2.24, 2.45) is 17.8 Å². The lowest BCUT2D eigenvalue weighted by Crippen LogP contribution is -2.43. The third kappa shape index (κ3) is 14.0. The van der Waals surface area contributed by atoms with Crippen LogP contribution in [0.2, 0.25) is 0 Å². The first-order chi connectivity index (χ1) is 19.6. The van der Waals surface area contributed by atoms with Crippen LogP contribution < -0.4 is 14.8 Å². The molecule has 3 unspecified atom stereocenters. The Morgan fingerprint density at radius 3 is 1.81 bits per heavy atom. The average molecular weight is 596 g/mol. The lowest BCUT2D eigenvalue weighted by atomic mass is 10.0. The van der Waals surface area contributed by atoms with Gasteiger partial charge in [0.25, 0.3) is 0 Å². The van der Waals surface area contributed by atoms with E-state index in [4.69, 9.17) is 28.4 Å². The van der Waals surface area contributed by atoms with Crippen LogP contribution in [0.15, 0.2) is 18.2 Å². The highest BCUT2D eigenvalue weighted by Gasteiger charge is 2.24. The number of nitrogens with one attached hydrogen (secondary N) is 1. The first kappa shape index (κ1) is 36.7. The van der Waals surface area contributed by atoms with Gasteiger partial charge in [-0.25, -0.2) is 9.59 Å². The van der Waals surface area contributed by atoms with Crippen LogP contribution in [0.5, 0.6) is 11.5 Å². The number of hydrogen-bond acceptors (Lipinski definition) is 11. The predicted molar refractivity (Wildman–Crippen MR) is 156 cm³/mol. The summed E-state index contributed by atoms with van der Waals surface area (Å²) in [6.45, 7) is 17.1. The van der Waals surface area contributed by atoms with Crippen LogP contribution in [0, 0.1) is 17.8 Å². The van der Waals surface area contributed by atoms with Gasteiger partial charge in [0.05, 0.1) is 7.11 Å². The fourth-order valence-electron chi connectivity index (χ4n) is 3.30. The molecule has 11 heteroatoms. The van der Waals surface area contributed by atoms with Gasteiger partial charge in [0.15, 0.2) is 11.5 Å². The Morgan fingerprint density at radius 1 is 0.762 bits per heavy atom. The van der Waals surface area contributed by atoms with Crippen LogP contribution in [0.3, 0.4) is 0 Å². The highest BCUT2D eigenvalue weighted by atomic mass is 16.8. The molecule has 4 atom stereocenters. The second-order valence-corrected chi connectivity index (χ2v) is 11.5. The lowest BCUT2D eigenvalue weighted by Gasteiger charge is -2.21. The number of benzene rings is 1. The zero-order valence-corrected chi connectivity index (χ0v) is 26.7. The van der Waals surface area contributed by atoms with Gasteiger partial charge in [0.2, 0.25) is 0 Å². The van der Waals surface area contributed by atoms with Gasteiger partial charge in [0, 0.05) is 13.0 Å². The Morgan fingerprint density at radius 2 is 1.31 bits per heavy atom. The topological polar surface area (TPSA) is 136 Å². The van der Waals surface area contributed by atoms with Crippen LogP contribution >= 0.6 is 0 Å². The van der Waals surface area contributed by atoms with E-state index in [2.05, 4.69) is 5.32 Å². The zero-order valence-electron chi connectivity index (χ0n) is 26.7. The van der Waals surface area contributed by atoms with Gasteiger partial charge >= 0.3 is 24.2 Å². The summed E-state index contributed by atoms with van der Waals surface area (Å²) in [6, 6.07) is 3.73. The van der Waals surface area contributed by atoms with E-state index < -0.39 is 42.6 Å². The molecule has 0 spiro atoms. The van der Waals surface area contributed by atoms with Gasteiger partial charge in [-0.15, -0.1) is 0 Å². The van der Waals surface area contributed by atoms with Crippen molar-refractivity contribution in [3.63, 3.8) is 0 Å². The Kier molecular flexibility index (Phi) is 15.9. The van der Waals surface area contributed by atoms with Gasteiger partial charge in [-0.05, 0) is 69.1 Å². The number of ether oxygens (including phenoxy) is 6. The van der Waals surface area contributed by atoms with E-state index in [9.17, 15) is 19.2 Å². The van der Waals surface area contributed by atoms with Crippen LogP contribution in [0.4, 0.5) is 9.59 Å². The molecule has 0 aliphatic heterocycles. The lowest BCUT2D eigenvalue weighted by molar-refractivity contribution is -0.148. The van der Waals surface area contributed by atoms with Crippen molar-refractivity contribution in [3.8, 4) is 11.5 Å². The first-order valence-corrected chi connectivity index (χ1v) is 14.5. The van der Waals surface area contributed by atoms with E-state index in [-0.39, 0.29) is 42.3 Å². The molecule has 1 N–H and O–H groups in total. The first-order valence-electron chi connectivity index (χ1n) is 14.5. The van der Waals surface area contributed by atoms with Gasteiger partial charge in [-0.1, -0.05) is 47.6 Å². The van der Waals surface area contributed by atoms with Gasteiger partial charge in [-0.2, -0.15) is 0 Å². The molecule has 1 aromatic rings. The molecule has 1 rings (SSSR count). The highest BCUT2D eigenvalue weighted by molar-refractivity contribution is 5.76. The summed E-state index contributed by atoms with van der Waals surface area (Å²) in [4.78, 5) is 49.6. The molecule has 0 heterocycles. The van der Waals surface area contributed by atoms with Crippen molar-refractivity contribution in [1.29, 1.82) is 0 Å². The van der Waals surface area contributed by atoms with Crippen molar-refractivity contribution in [2.45, 2.75) is 106 Å². The number of carbonyl (C=O) groups excluding carboxylic acids is 4. The van der Waals surface area contributed by atoms with Gasteiger partial charge in [-0.3, -0.25) is 9.59 Å². The molecule has 0 radical (unpaired) electrons. The monoisotopic (exact) mass is 595 g/mol. The second-order valence-electron chi connectivity index (χ2n) is 11.5. The summed E-state index contributed by atoms with van der Waals surface area (Å²) in [5.41, 5.74) is 0.565. The van der Waals surface area contributed by atoms with Crippen molar-refractivity contribution >= 4 is 24.2 Å². The molecule has 0 fully saturated rings. The van der Waals surface area contributed by atoms with Crippen LogP contribution in [-0.2, 0) is 35.0 Å². The van der Waals surface area contributed by atoms with Crippen LogP contribution in [-0.4, -0.2) is 62.3 Å². The molecule has 0 aliphatic rings. The average Bonchev–Trinajstić information content (AvgIpc) is 2.90. The molecule has 1 aromatic carbocycles. The molecule has 11 nitrogen and oxygen atoms in total. The van der Waals surface area contributed by atoms with Crippen molar-refractivity contribution in [3.05, 3.63) is 23.8 Å². The molecule has 42 heavy (non-hydrogen) atoms. The van der Waals surface area contributed by atoms with E-state index in [0.29, 0.717) is 17.9 Å². The normalized spacial score (nSPS) is 14.1. The summed E-state index contributed by atoms with van der Waals surface area (Å²) in [7, 11) is 1.27. The predicted octanol–water partition coefficient (Wildman–Crippen LogP) is 5.85. The molecular formula is C31H49NO10. The quantitative estimate of drug-likeness (QED) is 0.140. The van der Waals surface area contributed by atoms with E-state index in [0.717, 1.165) is 6.42 Å². The number of esters is 2. The molecule has 0 aliphatic carbocycles. The molecule has 0 amide bonds. The largest absolute Gasteiger partial charge is 0.514 e. The third-order valence-electron chi connectivity index (χ3n) is 6.67. The summed E-state index contributed by atoms with van der Waals surface area (Å²) >= 11 is 0. The molecule has 238 valence electrons. The maximum absolute atomic E-state index is 12.6. The molecule has 0 saturated carbocycles. The minimum atomic E-state index is -0.974. The van der Waals surface area contributed by atoms with E-state index >= 15 is 0 Å². The summed E-state index contributed by atoms with van der Waals surface area (Å²) in [5.74, 6) is -0.474. The maximum Gasteiger partial charge on any atom is 0.514 e. The summed E-state index contributed by atoms with van der Waals surface area (Å²) in [5, 5.41) is 3.08. The second kappa shape index (κ2) is 18.3. The Bertz CT molecular complexity index is 1020. The van der Waals surface area contributed by atoms with Crippen LogP contribution in [0.25, 0.3) is 0 Å². The summed E-state index contributed by atoms with van der Waals surface area (Å²) in [6.07, 6.45) is -2.05. The smallest absolute Gasteiger partial charge is 0.468 e. The Labute approximate surface area is 249 Å². The molecular weight excluding hydrogens is 546 g/mol. The number of carbonyl (C=O) groups is 4.